The first-order valence-corrected chi connectivity index (χ1v) is 8.17. The van der Waals surface area contributed by atoms with Crippen molar-refractivity contribution in [1.82, 2.24) is 10.2 Å². The average molecular weight is 272 g/mol. The molecule has 2 amide bonds. The maximum atomic E-state index is 12.5. The van der Waals surface area contributed by atoms with E-state index in [2.05, 4.69) is 5.32 Å². The molecule has 1 saturated carbocycles. The van der Waals surface area contributed by atoms with E-state index in [4.69, 9.17) is 0 Å². The Balaban J connectivity index is 2.13. The summed E-state index contributed by atoms with van der Waals surface area (Å²) in [5.41, 5.74) is -0.664. The third kappa shape index (κ3) is 2.74. The topological polar surface area (TPSA) is 66.5 Å². The summed E-state index contributed by atoms with van der Waals surface area (Å²) in [5.74, 6) is 0.470. The standard InChI is InChI=1S/C12H20N2O3S/c1-18(17)9-8-14-7-4-10(15)13-12(11(14)16)5-2-3-6-12/h2-9H2,1H3,(H,13,15). The molecule has 1 unspecified atom stereocenters. The molecule has 0 aromatic heterocycles. The minimum atomic E-state index is -0.909. The number of hydrogen-bond acceptors (Lipinski definition) is 3. The van der Waals surface area contributed by atoms with Gasteiger partial charge < -0.3 is 10.2 Å². The number of carbonyl (C=O) groups is 2. The lowest BCUT2D eigenvalue weighted by Gasteiger charge is -2.31. The van der Waals surface area contributed by atoms with Gasteiger partial charge in [0.05, 0.1) is 0 Å². The van der Waals surface area contributed by atoms with Crippen LogP contribution >= 0.6 is 0 Å². The molecule has 0 aromatic carbocycles. The highest BCUT2D eigenvalue weighted by atomic mass is 32.2. The molecule has 2 fully saturated rings. The molecule has 1 spiro atoms. The highest BCUT2D eigenvalue weighted by molar-refractivity contribution is 7.84. The smallest absolute Gasteiger partial charge is 0.248 e. The third-order valence-electron chi connectivity index (χ3n) is 3.79. The molecule has 2 aliphatic rings. The Kier molecular flexibility index (Phi) is 4.04. The van der Waals surface area contributed by atoms with Gasteiger partial charge in [0.25, 0.3) is 0 Å². The molecule has 1 saturated heterocycles. The fourth-order valence-corrected chi connectivity index (χ4v) is 3.27. The lowest BCUT2D eigenvalue weighted by Crippen LogP contribution is -2.55. The first-order valence-electron chi connectivity index (χ1n) is 6.44. The zero-order chi connectivity index (χ0) is 13.2. The molecule has 1 aliphatic carbocycles. The van der Waals surface area contributed by atoms with Crippen molar-refractivity contribution in [1.29, 1.82) is 0 Å². The second-order valence-electron chi connectivity index (χ2n) is 5.16. The van der Waals surface area contributed by atoms with Gasteiger partial charge >= 0.3 is 0 Å². The minimum Gasteiger partial charge on any atom is -0.342 e. The van der Waals surface area contributed by atoms with E-state index in [1.165, 1.54) is 0 Å². The third-order valence-corrected chi connectivity index (χ3v) is 4.55. The van der Waals surface area contributed by atoms with Crippen LogP contribution in [-0.4, -0.2) is 51.6 Å². The quantitative estimate of drug-likeness (QED) is 0.788. The number of carbonyl (C=O) groups excluding carboxylic acids is 2. The first kappa shape index (κ1) is 13.5. The van der Waals surface area contributed by atoms with Crippen LogP contribution in [0.4, 0.5) is 0 Å². The molecule has 5 nitrogen and oxygen atoms in total. The van der Waals surface area contributed by atoms with E-state index in [0.29, 0.717) is 25.3 Å². The molecule has 102 valence electrons. The summed E-state index contributed by atoms with van der Waals surface area (Å²) in [5, 5.41) is 2.92. The summed E-state index contributed by atoms with van der Waals surface area (Å²) < 4.78 is 11.1. The van der Waals surface area contributed by atoms with Crippen molar-refractivity contribution in [3.63, 3.8) is 0 Å². The minimum absolute atomic E-state index is 0.0244. The van der Waals surface area contributed by atoms with Crippen molar-refractivity contribution in [3.05, 3.63) is 0 Å². The van der Waals surface area contributed by atoms with Crippen LogP contribution in [0.5, 0.6) is 0 Å². The number of rotatable bonds is 3. The van der Waals surface area contributed by atoms with Crippen LogP contribution in [0, 0.1) is 0 Å². The number of amides is 2. The zero-order valence-corrected chi connectivity index (χ0v) is 11.6. The van der Waals surface area contributed by atoms with Crippen molar-refractivity contribution < 1.29 is 13.8 Å². The van der Waals surface area contributed by atoms with Crippen molar-refractivity contribution in [2.75, 3.05) is 25.1 Å². The Hall–Kier alpha value is -0.910. The maximum Gasteiger partial charge on any atom is 0.248 e. The van der Waals surface area contributed by atoms with Gasteiger partial charge in [0.2, 0.25) is 11.8 Å². The summed E-state index contributed by atoms with van der Waals surface area (Å²) in [6.45, 7) is 0.933. The molecule has 1 N–H and O–H groups in total. The van der Waals surface area contributed by atoms with E-state index in [1.54, 1.807) is 11.2 Å². The second-order valence-corrected chi connectivity index (χ2v) is 6.71. The normalized spacial score (nSPS) is 25.1. The first-order chi connectivity index (χ1) is 8.53. The van der Waals surface area contributed by atoms with Gasteiger partial charge in [0, 0.05) is 42.3 Å². The summed E-state index contributed by atoms with van der Waals surface area (Å²) >= 11 is 0. The van der Waals surface area contributed by atoms with Gasteiger partial charge in [-0.1, -0.05) is 12.8 Å². The number of nitrogens with zero attached hydrogens (tertiary/aromatic N) is 1. The SMILES string of the molecule is CS(=O)CCN1CCC(=O)NC2(CCCC2)C1=O. The van der Waals surface area contributed by atoms with E-state index in [9.17, 15) is 13.8 Å². The number of hydrogen-bond donors (Lipinski definition) is 1. The maximum absolute atomic E-state index is 12.5. The van der Waals surface area contributed by atoms with Crippen LogP contribution in [0.2, 0.25) is 0 Å². The van der Waals surface area contributed by atoms with E-state index in [1.807, 2.05) is 0 Å². The Morgan fingerprint density at radius 3 is 2.61 bits per heavy atom. The Morgan fingerprint density at radius 2 is 2.00 bits per heavy atom. The average Bonchev–Trinajstić information content (AvgIpc) is 2.73. The summed E-state index contributed by atoms with van der Waals surface area (Å²) in [6, 6.07) is 0. The van der Waals surface area contributed by atoms with E-state index < -0.39 is 16.3 Å². The lowest BCUT2D eigenvalue weighted by atomic mass is 9.96. The molecular weight excluding hydrogens is 252 g/mol. The highest BCUT2D eigenvalue weighted by Crippen LogP contribution is 2.32. The van der Waals surface area contributed by atoms with Crippen LogP contribution < -0.4 is 5.32 Å². The molecule has 0 aromatic rings. The van der Waals surface area contributed by atoms with Crippen molar-refractivity contribution >= 4 is 22.6 Å². The van der Waals surface area contributed by atoms with Gasteiger partial charge in [-0.25, -0.2) is 0 Å². The zero-order valence-electron chi connectivity index (χ0n) is 10.7. The second kappa shape index (κ2) is 5.38. The van der Waals surface area contributed by atoms with E-state index >= 15 is 0 Å². The van der Waals surface area contributed by atoms with Crippen molar-refractivity contribution in [2.45, 2.75) is 37.6 Å². The molecule has 18 heavy (non-hydrogen) atoms. The van der Waals surface area contributed by atoms with Crippen LogP contribution in [-0.2, 0) is 20.4 Å². The summed E-state index contributed by atoms with van der Waals surface area (Å²) in [7, 11) is -0.909. The number of nitrogens with one attached hydrogen (secondary N) is 1. The van der Waals surface area contributed by atoms with Crippen LogP contribution in [0.1, 0.15) is 32.1 Å². The van der Waals surface area contributed by atoms with Gasteiger partial charge in [-0.15, -0.1) is 0 Å². The van der Waals surface area contributed by atoms with Crippen molar-refractivity contribution in [3.8, 4) is 0 Å². The lowest BCUT2D eigenvalue weighted by molar-refractivity contribution is -0.138. The summed E-state index contributed by atoms with van der Waals surface area (Å²) in [6.07, 6.45) is 5.44. The van der Waals surface area contributed by atoms with Crippen LogP contribution in [0.25, 0.3) is 0 Å². The Labute approximate surface area is 110 Å². The van der Waals surface area contributed by atoms with E-state index in [-0.39, 0.29) is 11.8 Å². The van der Waals surface area contributed by atoms with Gasteiger partial charge in [-0.05, 0) is 12.8 Å². The predicted octanol–water partition coefficient (Wildman–Crippen LogP) is 0.0262. The molecule has 6 heteroatoms. The highest BCUT2D eigenvalue weighted by Gasteiger charge is 2.46. The molecule has 0 bridgehead atoms. The van der Waals surface area contributed by atoms with Crippen LogP contribution in [0.3, 0.4) is 0 Å². The molecule has 0 radical (unpaired) electrons. The fraction of sp³-hybridized carbons (Fsp3) is 0.833. The van der Waals surface area contributed by atoms with Gasteiger partial charge in [0.15, 0.2) is 0 Å². The monoisotopic (exact) mass is 272 g/mol. The fourth-order valence-electron chi connectivity index (χ4n) is 2.79. The Bertz CT molecular complexity index is 378. The molecule has 1 atom stereocenters. The molecule has 2 rings (SSSR count). The molecule has 1 aliphatic heterocycles. The van der Waals surface area contributed by atoms with Gasteiger partial charge in [0.1, 0.15) is 5.54 Å². The van der Waals surface area contributed by atoms with Crippen LogP contribution in [0.15, 0.2) is 0 Å². The molecule has 1 heterocycles. The van der Waals surface area contributed by atoms with E-state index in [0.717, 1.165) is 25.7 Å². The Morgan fingerprint density at radius 1 is 1.33 bits per heavy atom. The predicted molar refractivity (Wildman–Crippen MR) is 69.5 cm³/mol. The van der Waals surface area contributed by atoms with Crippen molar-refractivity contribution in [2.24, 2.45) is 0 Å². The van der Waals surface area contributed by atoms with Gasteiger partial charge in [-0.3, -0.25) is 13.8 Å². The largest absolute Gasteiger partial charge is 0.342 e. The summed E-state index contributed by atoms with van der Waals surface area (Å²) in [4.78, 5) is 26.0. The van der Waals surface area contributed by atoms with Gasteiger partial charge in [-0.2, -0.15) is 0 Å². The molecular formula is C12H20N2O3S.